The first kappa shape index (κ1) is 99.6. The number of ether oxygens (including phenoxy) is 3. The van der Waals surface area contributed by atoms with Crippen molar-refractivity contribution >= 4 is 98.4 Å². The van der Waals surface area contributed by atoms with E-state index in [2.05, 4.69) is 64.1 Å². The van der Waals surface area contributed by atoms with Crippen LogP contribution in [0.4, 0.5) is 0 Å². The minimum Gasteiger partial charge on any atom is -0.477 e. The molecule has 4 aromatic heterocycles. The molecule has 0 radical (unpaired) electrons. The number of esters is 3. The highest BCUT2D eigenvalue weighted by Crippen LogP contribution is 2.45. The van der Waals surface area contributed by atoms with Crippen molar-refractivity contribution < 1.29 is 83.2 Å². The van der Waals surface area contributed by atoms with Crippen LogP contribution in [0.25, 0.3) is 6.08 Å². The normalized spacial score (nSPS) is 19.9. The number of aryl methyl sites for hydroxylation is 4. The molecule has 4 aliphatic rings. The fourth-order valence-corrected chi connectivity index (χ4v) is 21.9. The van der Waals surface area contributed by atoms with Gasteiger partial charge in [-0.1, -0.05) is 195 Å². The summed E-state index contributed by atoms with van der Waals surface area (Å²) < 4.78 is 14.3. The average Bonchev–Trinajstić information content (AvgIpc) is 1.65. The Kier molecular flexibility index (Phi) is 41.9. The van der Waals surface area contributed by atoms with E-state index >= 15 is 0 Å². The standard InChI is InChI=1S/C26H34O5S.C26H34O4S.C26H32O3S.C25H32O5S/c1-3-4-8-22(28)25(29)19-11-9-18(10-12-19)24-17(13-15-21(24)27)6-5-7-20-14-16-23(32-20)26(30)31-2;1-3-4-5-9-22(27)18-10-12-20(13-11-18)25-19(14-16-23(25)28)7-6-8-21-15-17-24(31-21)26(29)30-2;1-3-4-5-6-8-19-11-13-21(14-12-19)25-20(15-17-23(25)27)9-7-10-22-16-18-24(30-22)26(28)29-2;1-2-3-7-21(27)24(28)18-10-8-17(9-11-18)23-16(12-14-20(23)26)5-4-6-19-13-15-22(31-19)25(29)30/h9-12,14,16-17,22,24-25,28-29H,3-8,13,15H2,1-2H3;10-13,15,17,19,22,25,27H,3-9,14,16H2,1-2H3;6,8,11-14,16,18,20,25H,3-5,7,9-10,15,17H2,1-2H3;8-11,13,15-16,21,23-24,27-28H,2-7,12,14H2,1H3,(H,29,30)/t17-,22?,24-,25?;19-,22?,25-;20-,25-;16-,21?,23-,24?/m0000/s1. The van der Waals surface area contributed by atoms with Crippen molar-refractivity contribution in [2.45, 2.75) is 294 Å². The maximum Gasteiger partial charge on any atom is 0.348 e. The number of aliphatic hydroxyl groups is 5. The summed E-state index contributed by atoms with van der Waals surface area (Å²) >= 11 is 5.79. The number of hydrogen-bond acceptors (Lipinski definition) is 20. The van der Waals surface area contributed by atoms with Crippen molar-refractivity contribution in [2.75, 3.05) is 21.3 Å². The quantitative estimate of drug-likeness (QED) is 0.0118. The molecule has 8 aromatic rings. The molecule has 12 rings (SSSR count). The fourth-order valence-electron chi connectivity index (χ4n) is 18.1. The Bertz CT molecular complexity index is 4640. The molecule has 13 atom stereocenters. The summed E-state index contributed by atoms with van der Waals surface area (Å²) in [5.41, 5.74) is 7.76. The molecule has 4 fully saturated rings. The second-order valence-electron chi connectivity index (χ2n) is 33.9. The molecule has 4 aliphatic carbocycles. The Hall–Kier alpha value is -8.22. The zero-order valence-electron chi connectivity index (χ0n) is 73.7. The lowest BCUT2D eigenvalue weighted by molar-refractivity contribution is -0.119. The minimum atomic E-state index is -0.905. The molecule has 0 aliphatic heterocycles. The maximum atomic E-state index is 12.6. The molecule has 4 heterocycles. The lowest BCUT2D eigenvalue weighted by Crippen LogP contribution is -2.18. The third-order valence-corrected chi connectivity index (χ3v) is 29.6. The van der Waals surface area contributed by atoms with Crippen molar-refractivity contribution in [3.05, 3.63) is 235 Å². The molecule has 4 saturated carbocycles. The van der Waals surface area contributed by atoms with E-state index in [-0.39, 0.29) is 59.1 Å². The topological polar surface area (TPSA) is 286 Å². The highest BCUT2D eigenvalue weighted by Gasteiger charge is 2.40. The van der Waals surface area contributed by atoms with Gasteiger partial charge in [-0.3, -0.25) is 19.2 Å². The van der Waals surface area contributed by atoms with Gasteiger partial charge in [0.1, 0.15) is 54.8 Å². The number of thiophene rings is 4. The van der Waals surface area contributed by atoms with E-state index in [0.29, 0.717) is 98.5 Å². The van der Waals surface area contributed by atoms with Gasteiger partial charge in [-0.2, -0.15) is 0 Å². The van der Waals surface area contributed by atoms with E-state index in [4.69, 9.17) is 19.3 Å². The van der Waals surface area contributed by atoms with Crippen LogP contribution in [0.3, 0.4) is 0 Å². The molecule has 0 bridgehead atoms. The molecule has 5 unspecified atom stereocenters. The fraction of sp³-hybridized carbons (Fsp3) is 0.515. The molecule has 0 saturated heterocycles. The van der Waals surface area contributed by atoms with Gasteiger partial charge >= 0.3 is 23.9 Å². The number of carbonyl (C=O) groups is 8. The van der Waals surface area contributed by atoms with Crippen molar-refractivity contribution in [2.24, 2.45) is 23.7 Å². The van der Waals surface area contributed by atoms with E-state index in [1.165, 1.54) is 94.8 Å². The summed E-state index contributed by atoms with van der Waals surface area (Å²) in [6, 6.07) is 46.7. The Labute approximate surface area is 750 Å². The number of carboxylic acid groups (broad SMARTS) is 1. The Morgan fingerprint density at radius 3 is 0.960 bits per heavy atom. The van der Waals surface area contributed by atoms with Crippen LogP contribution in [-0.4, -0.2) is 111 Å². The third-order valence-electron chi connectivity index (χ3n) is 25.1. The maximum absolute atomic E-state index is 12.6. The van der Waals surface area contributed by atoms with Gasteiger partial charge in [0.05, 0.1) is 39.6 Å². The number of rotatable bonds is 43. The van der Waals surface area contributed by atoms with Crippen LogP contribution in [0, 0.1) is 23.7 Å². The molecule has 0 amide bonds. The molecule has 6 N–H and O–H groups in total. The van der Waals surface area contributed by atoms with Crippen molar-refractivity contribution in [3.63, 3.8) is 0 Å². The monoisotopic (exact) mass is 1770 g/mol. The largest absolute Gasteiger partial charge is 0.477 e. The molecule has 4 aromatic carbocycles. The molecular weight excluding hydrogens is 1640 g/mol. The van der Waals surface area contributed by atoms with Crippen molar-refractivity contribution in [1.29, 1.82) is 0 Å². The van der Waals surface area contributed by atoms with Crippen LogP contribution in [0.15, 0.2) is 152 Å². The smallest absolute Gasteiger partial charge is 0.348 e. The number of carboxylic acids is 1. The van der Waals surface area contributed by atoms with Gasteiger partial charge in [0.15, 0.2) is 0 Å². The summed E-state index contributed by atoms with van der Waals surface area (Å²) in [5.74, 6) is 0.738. The molecular formula is C103H132O17S4. The van der Waals surface area contributed by atoms with Crippen molar-refractivity contribution in [1.82, 2.24) is 0 Å². The molecule has 0 spiro atoms. The zero-order chi connectivity index (χ0) is 89.0. The third kappa shape index (κ3) is 29.7. The predicted molar refractivity (Wildman–Crippen MR) is 496 cm³/mol. The number of carbonyl (C=O) groups excluding carboxylic acids is 7. The van der Waals surface area contributed by atoms with Gasteiger partial charge < -0.3 is 44.8 Å². The number of allylic oxidation sites excluding steroid dienone is 1. The van der Waals surface area contributed by atoms with Crippen LogP contribution in [0.1, 0.15) is 359 Å². The van der Waals surface area contributed by atoms with Gasteiger partial charge in [-0.15, -0.1) is 45.3 Å². The number of hydrogen-bond donors (Lipinski definition) is 6. The minimum absolute atomic E-state index is 0.0275. The first-order valence-corrected chi connectivity index (χ1v) is 48.7. The van der Waals surface area contributed by atoms with E-state index < -0.39 is 36.5 Å². The van der Waals surface area contributed by atoms with Crippen LogP contribution < -0.4 is 0 Å². The van der Waals surface area contributed by atoms with Gasteiger partial charge in [-0.05, 0) is 245 Å². The van der Waals surface area contributed by atoms with Gasteiger partial charge in [0.2, 0.25) is 0 Å². The van der Waals surface area contributed by atoms with Gasteiger partial charge in [0.25, 0.3) is 0 Å². The van der Waals surface area contributed by atoms with E-state index in [0.717, 1.165) is 198 Å². The summed E-state index contributed by atoms with van der Waals surface area (Å²) in [6.07, 6.45) is 30.9. The summed E-state index contributed by atoms with van der Waals surface area (Å²) in [5, 5.41) is 60.6. The average molecular weight is 1770 g/mol. The van der Waals surface area contributed by atoms with Gasteiger partial charge in [-0.25, -0.2) is 19.2 Å². The number of unbranched alkanes of at least 4 members (excludes halogenated alkanes) is 6. The predicted octanol–water partition coefficient (Wildman–Crippen LogP) is 23.4. The second kappa shape index (κ2) is 52.2. The summed E-state index contributed by atoms with van der Waals surface area (Å²) in [6.45, 7) is 8.48. The van der Waals surface area contributed by atoms with Gasteiger partial charge in [0, 0.05) is 68.9 Å². The summed E-state index contributed by atoms with van der Waals surface area (Å²) in [4.78, 5) is 103. The van der Waals surface area contributed by atoms with E-state index in [1.54, 1.807) is 6.07 Å². The molecule has 17 nitrogen and oxygen atoms in total. The summed E-state index contributed by atoms with van der Waals surface area (Å²) in [7, 11) is 4.20. The number of aromatic carboxylic acids is 1. The lowest BCUT2D eigenvalue weighted by Gasteiger charge is -2.21. The molecule has 670 valence electrons. The SMILES string of the molecule is CCCCC(O)C(O)c1ccc([C@H]2C(=O)CC[C@@H]2CCCc2ccc(C(=O)O)s2)cc1.CCCCC(O)C(O)c1ccc([C@H]2C(=O)CC[C@@H]2CCCc2ccc(C(=O)OC)s2)cc1.CCCCC=Cc1ccc([C@H]2C(=O)CC[C@@H]2CCCc2ccc(C(=O)OC)s2)cc1.CCCCCC(O)c1ccc([C@H]2C(=O)CC[C@@H]2CCCc2ccc(C(=O)OC)s2)cc1. The van der Waals surface area contributed by atoms with E-state index in [1.807, 2.05) is 115 Å². The van der Waals surface area contributed by atoms with Crippen LogP contribution in [-0.2, 0) is 59.1 Å². The highest BCUT2D eigenvalue weighted by atomic mass is 32.1. The van der Waals surface area contributed by atoms with Crippen LogP contribution >= 0.6 is 45.3 Å². The number of ketones is 4. The van der Waals surface area contributed by atoms with Crippen LogP contribution in [0.2, 0.25) is 0 Å². The molecule has 124 heavy (non-hydrogen) atoms. The number of aliphatic hydroxyl groups excluding tert-OH is 5. The Morgan fingerprint density at radius 1 is 0.363 bits per heavy atom. The van der Waals surface area contributed by atoms with Crippen LogP contribution in [0.5, 0.6) is 0 Å². The van der Waals surface area contributed by atoms with Crippen molar-refractivity contribution in [3.8, 4) is 0 Å². The lowest BCUT2D eigenvalue weighted by atomic mass is 9.84. The molecule has 21 heteroatoms. The number of benzene rings is 4. The van der Waals surface area contributed by atoms with E-state index in [9.17, 15) is 63.9 Å². The number of methoxy groups -OCH3 is 3. The highest BCUT2D eigenvalue weighted by molar-refractivity contribution is 7.15. The Balaban J connectivity index is 0.000000187. The Morgan fingerprint density at radius 2 is 0.661 bits per heavy atom. The zero-order valence-corrected chi connectivity index (χ0v) is 76.9. The number of Topliss-reactive ketones (excluding diaryl/α,β-unsaturated/α-hetero) is 4. The first-order valence-electron chi connectivity index (χ1n) is 45.4. The first-order chi connectivity index (χ1) is 60.0. The second-order valence-corrected chi connectivity index (χ2v) is 38.6.